The number of sulfonamides is 1. The Morgan fingerprint density at radius 3 is 2.24 bits per heavy atom. The van der Waals surface area contributed by atoms with E-state index in [4.69, 9.17) is 0 Å². The number of hydrogen-bond acceptors (Lipinski definition) is 3. The van der Waals surface area contributed by atoms with Crippen LogP contribution >= 0.6 is 0 Å². The molecular formula is C23H22N2O3S. The number of nitrogens with one attached hydrogen (secondary N) is 1. The molecule has 4 rings (SSSR count). The molecule has 148 valence electrons. The maximum Gasteiger partial charge on any atom is 0.255 e. The normalized spacial score (nSPS) is 15.7. The number of carbonyl (C=O) groups is 1. The molecule has 1 fully saturated rings. The van der Waals surface area contributed by atoms with Gasteiger partial charge in [0.1, 0.15) is 0 Å². The molecule has 6 heteroatoms. The minimum atomic E-state index is -3.26. The lowest BCUT2D eigenvalue weighted by atomic mass is 10.0. The molecule has 1 N–H and O–H groups in total. The largest absolute Gasteiger partial charge is 0.321 e. The second kappa shape index (κ2) is 8.09. The van der Waals surface area contributed by atoms with Crippen LogP contribution < -0.4 is 9.62 Å². The summed E-state index contributed by atoms with van der Waals surface area (Å²) in [6, 6.07) is 24.2. The van der Waals surface area contributed by atoms with Crippen LogP contribution in [0.1, 0.15) is 23.2 Å². The Hall–Kier alpha value is -3.12. The van der Waals surface area contributed by atoms with E-state index in [0.717, 1.165) is 23.2 Å². The first-order valence-corrected chi connectivity index (χ1v) is 11.2. The number of amides is 1. The second-order valence-electron chi connectivity index (χ2n) is 7.01. The van der Waals surface area contributed by atoms with Gasteiger partial charge in [0, 0.05) is 23.4 Å². The minimum Gasteiger partial charge on any atom is -0.321 e. The summed E-state index contributed by atoms with van der Waals surface area (Å²) in [7, 11) is -3.26. The molecule has 0 bridgehead atoms. The van der Waals surface area contributed by atoms with Gasteiger partial charge in [-0.3, -0.25) is 9.10 Å². The second-order valence-corrected chi connectivity index (χ2v) is 9.02. The van der Waals surface area contributed by atoms with Crippen molar-refractivity contribution in [2.75, 3.05) is 21.9 Å². The fourth-order valence-corrected chi connectivity index (χ4v) is 5.15. The van der Waals surface area contributed by atoms with Gasteiger partial charge in [-0.05, 0) is 48.7 Å². The summed E-state index contributed by atoms with van der Waals surface area (Å²) in [4.78, 5) is 12.8. The van der Waals surface area contributed by atoms with Crippen molar-refractivity contribution in [3.63, 3.8) is 0 Å². The molecule has 1 aliphatic rings. The van der Waals surface area contributed by atoms with Crippen LogP contribution in [-0.4, -0.2) is 26.6 Å². The van der Waals surface area contributed by atoms with Gasteiger partial charge in [-0.2, -0.15) is 0 Å². The van der Waals surface area contributed by atoms with Crippen LogP contribution in [0, 0.1) is 0 Å². The highest BCUT2D eigenvalue weighted by Crippen LogP contribution is 2.28. The minimum absolute atomic E-state index is 0.172. The fourth-order valence-electron chi connectivity index (χ4n) is 3.51. The standard InChI is InChI=1S/C23H22N2O3S/c26-23(24-22-11-5-4-10-21(22)18-8-2-1-3-9-18)19-12-14-20(15-13-19)25-16-6-7-17-29(25,27)28/h1-5,8-15H,6-7,16-17H2,(H,24,26). The van der Waals surface area contributed by atoms with E-state index in [0.29, 0.717) is 24.2 Å². The topological polar surface area (TPSA) is 66.5 Å². The Bertz CT molecular complexity index is 1110. The van der Waals surface area contributed by atoms with Crippen molar-refractivity contribution in [3.05, 3.63) is 84.4 Å². The third-order valence-corrected chi connectivity index (χ3v) is 6.90. The van der Waals surface area contributed by atoms with Crippen molar-refractivity contribution in [2.24, 2.45) is 0 Å². The average molecular weight is 407 g/mol. The highest BCUT2D eigenvalue weighted by Gasteiger charge is 2.26. The molecule has 1 heterocycles. The lowest BCUT2D eigenvalue weighted by Gasteiger charge is -2.28. The Morgan fingerprint density at radius 1 is 0.828 bits per heavy atom. The van der Waals surface area contributed by atoms with Gasteiger partial charge in [0.05, 0.1) is 11.4 Å². The van der Waals surface area contributed by atoms with Crippen molar-refractivity contribution in [1.82, 2.24) is 0 Å². The zero-order valence-corrected chi connectivity index (χ0v) is 16.7. The summed E-state index contributed by atoms with van der Waals surface area (Å²) in [5.74, 6) is -0.0627. The van der Waals surface area contributed by atoms with Crippen LogP contribution in [0.25, 0.3) is 11.1 Å². The van der Waals surface area contributed by atoms with Gasteiger partial charge in [-0.25, -0.2) is 8.42 Å². The number of benzene rings is 3. The molecule has 0 spiro atoms. The summed E-state index contributed by atoms with van der Waals surface area (Å²) in [6.45, 7) is 0.484. The van der Waals surface area contributed by atoms with E-state index in [-0.39, 0.29) is 11.7 Å². The summed E-state index contributed by atoms with van der Waals surface area (Å²) in [5, 5.41) is 2.97. The highest BCUT2D eigenvalue weighted by molar-refractivity contribution is 7.92. The van der Waals surface area contributed by atoms with Gasteiger partial charge in [0.2, 0.25) is 10.0 Å². The van der Waals surface area contributed by atoms with E-state index >= 15 is 0 Å². The van der Waals surface area contributed by atoms with Gasteiger partial charge < -0.3 is 5.32 Å². The zero-order valence-electron chi connectivity index (χ0n) is 15.9. The van der Waals surface area contributed by atoms with Crippen LogP contribution in [0.3, 0.4) is 0 Å². The van der Waals surface area contributed by atoms with E-state index in [1.165, 1.54) is 4.31 Å². The summed E-state index contributed by atoms with van der Waals surface area (Å²) in [5.41, 5.74) is 3.77. The molecule has 3 aromatic carbocycles. The number of hydrogen-bond donors (Lipinski definition) is 1. The number of anilines is 2. The van der Waals surface area contributed by atoms with Crippen molar-refractivity contribution >= 4 is 27.3 Å². The first kappa shape index (κ1) is 19.2. The molecule has 0 atom stereocenters. The Morgan fingerprint density at radius 2 is 1.52 bits per heavy atom. The first-order chi connectivity index (χ1) is 14.0. The van der Waals surface area contributed by atoms with Crippen LogP contribution in [-0.2, 0) is 10.0 Å². The van der Waals surface area contributed by atoms with Crippen molar-refractivity contribution in [2.45, 2.75) is 12.8 Å². The summed E-state index contributed by atoms with van der Waals surface area (Å²) >= 11 is 0. The average Bonchev–Trinajstić information content (AvgIpc) is 2.75. The molecule has 29 heavy (non-hydrogen) atoms. The van der Waals surface area contributed by atoms with Crippen molar-refractivity contribution < 1.29 is 13.2 Å². The first-order valence-electron chi connectivity index (χ1n) is 9.61. The lowest BCUT2D eigenvalue weighted by molar-refractivity contribution is 0.102. The van der Waals surface area contributed by atoms with E-state index in [9.17, 15) is 13.2 Å². The molecule has 1 aliphatic heterocycles. The predicted octanol–water partition coefficient (Wildman–Crippen LogP) is 4.54. The number of nitrogens with zero attached hydrogens (tertiary/aromatic N) is 1. The molecular weight excluding hydrogens is 384 g/mol. The fraction of sp³-hybridized carbons (Fsp3) is 0.174. The molecule has 1 saturated heterocycles. The van der Waals surface area contributed by atoms with Gasteiger partial charge in [-0.1, -0.05) is 48.5 Å². The molecule has 5 nitrogen and oxygen atoms in total. The van der Waals surface area contributed by atoms with Crippen molar-refractivity contribution in [3.8, 4) is 11.1 Å². The molecule has 1 amide bonds. The van der Waals surface area contributed by atoms with Crippen LogP contribution in [0.15, 0.2) is 78.9 Å². The van der Waals surface area contributed by atoms with E-state index < -0.39 is 10.0 Å². The highest BCUT2D eigenvalue weighted by atomic mass is 32.2. The number of para-hydroxylation sites is 1. The molecule has 0 aliphatic carbocycles. The molecule has 0 radical (unpaired) electrons. The zero-order chi connectivity index (χ0) is 20.3. The maximum atomic E-state index is 12.8. The molecule has 3 aromatic rings. The van der Waals surface area contributed by atoms with Gasteiger partial charge in [-0.15, -0.1) is 0 Å². The Balaban J connectivity index is 1.55. The summed E-state index contributed by atoms with van der Waals surface area (Å²) < 4.78 is 26.0. The van der Waals surface area contributed by atoms with Gasteiger partial charge in [0.25, 0.3) is 5.91 Å². The number of carbonyl (C=O) groups excluding carboxylic acids is 1. The van der Waals surface area contributed by atoms with Crippen LogP contribution in [0.2, 0.25) is 0 Å². The number of rotatable bonds is 4. The van der Waals surface area contributed by atoms with E-state index in [2.05, 4.69) is 5.32 Å². The van der Waals surface area contributed by atoms with Gasteiger partial charge in [0.15, 0.2) is 0 Å². The van der Waals surface area contributed by atoms with E-state index in [1.807, 2.05) is 54.6 Å². The third-order valence-electron chi connectivity index (χ3n) is 5.03. The Kier molecular flexibility index (Phi) is 5.36. The quantitative estimate of drug-likeness (QED) is 0.692. The maximum absolute atomic E-state index is 12.8. The summed E-state index contributed by atoms with van der Waals surface area (Å²) in [6.07, 6.45) is 1.54. The SMILES string of the molecule is O=C(Nc1ccccc1-c1ccccc1)c1ccc(N2CCCCS2(=O)=O)cc1. The lowest BCUT2D eigenvalue weighted by Crippen LogP contribution is -2.37. The van der Waals surface area contributed by atoms with Crippen LogP contribution in [0.5, 0.6) is 0 Å². The molecule has 0 unspecified atom stereocenters. The third kappa shape index (κ3) is 4.17. The monoisotopic (exact) mass is 406 g/mol. The Labute approximate surface area is 171 Å². The van der Waals surface area contributed by atoms with Crippen LogP contribution in [0.4, 0.5) is 11.4 Å². The molecule has 0 saturated carbocycles. The van der Waals surface area contributed by atoms with E-state index in [1.54, 1.807) is 24.3 Å². The molecule has 0 aromatic heterocycles. The smallest absolute Gasteiger partial charge is 0.255 e. The van der Waals surface area contributed by atoms with Crippen molar-refractivity contribution in [1.29, 1.82) is 0 Å². The predicted molar refractivity (Wildman–Crippen MR) is 117 cm³/mol. The van der Waals surface area contributed by atoms with Gasteiger partial charge >= 0.3 is 0 Å².